The van der Waals surface area contributed by atoms with Gasteiger partial charge < -0.3 is 4.98 Å². The Bertz CT molecular complexity index is 500. The van der Waals surface area contributed by atoms with E-state index in [2.05, 4.69) is 24.2 Å². The van der Waals surface area contributed by atoms with E-state index in [4.69, 9.17) is 0 Å². The molecule has 0 aliphatic heterocycles. The second-order valence-electron chi connectivity index (χ2n) is 3.04. The van der Waals surface area contributed by atoms with Gasteiger partial charge in [-0.2, -0.15) is 12.6 Å². The van der Waals surface area contributed by atoms with Gasteiger partial charge in [0, 0.05) is 10.9 Å². The van der Waals surface area contributed by atoms with Crippen LogP contribution in [0.4, 0.5) is 0 Å². The van der Waals surface area contributed by atoms with Crippen LogP contribution in [-0.4, -0.2) is 11.2 Å². The molecule has 0 atom stereocenters. The van der Waals surface area contributed by atoms with Crippen molar-refractivity contribution in [1.82, 2.24) is 4.98 Å². The van der Waals surface area contributed by atoms with Crippen molar-refractivity contribution in [1.29, 1.82) is 0 Å². The van der Waals surface area contributed by atoms with E-state index in [0.29, 0.717) is 5.22 Å². The van der Waals surface area contributed by atoms with E-state index >= 15 is 0 Å². The molecule has 0 radical (unpaired) electrons. The van der Waals surface area contributed by atoms with Gasteiger partial charge in [-0.1, -0.05) is 31.7 Å². The zero-order valence-electron chi connectivity index (χ0n) is 10.1. The van der Waals surface area contributed by atoms with Crippen LogP contribution in [-0.2, 0) is 6.42 Å². The van der Waals surface area contributed by atoms with E-state index < -0.39 is 0 Å². The third kappa shape index (κ3) is 3.74. The van der Waals surface area contributed by atoms with Crippen LogP contribution in [0, 0.1) is 0 Å². The Balaban J connectivity index is 0.00000106. The predicted molar refractivity (Wildman–Crippen MR) is 75.4 cm³/mol. The summed E-state index contributed by atoms with van der Waals surface area (Å²) >= 11 is 3.53. The average Bonchev–Trinajstić information content (AvgIpc) is 2.31. The Morgan fingerprint density at radius 3 is 2.56 bits per heavy atom. The molecule has 0 bridgehead atoms. The smallest absolute Gasteiger partial charge is 0.255 e. The van der Waals surface area contributed by atoms with Gasteiger partial charge in [-0.15, -0.1) is 0 Å². The first-order chi connectivity index (χ1) is 7.72. The Morgan fingerprint density at radius 2 is 2.12 bits per heavy atom. The Hall–Kier alpha value is -1.22. The fourth-order valence-electron chi connectivity index (χ4n) is 1.40. The van der Waals surface area contributed by atoms with Crippen LogP contribution >= 0.6 is 12.6 Å². The van der Waals surface area contributed by atoms with E-state index in [0.717, 1.165) is 17.3 Å². The predicted octanol–water partition coefficient (Wildman–Crippen LogP) is 1.25. The quantitative estimate of drug-likeness (QED) is 0.746. The van der Waals surface area contributed by atoms with Gasteiger partial charge in [0.1, 0.15) is 0 Å². The number of hydrogen-bond acceptors (Lipinski definition) is 2. The van der Waals surface area contributed by atoms with Crippen molar-refractivity contribution in [2.45, 2.75) is 20.3 Å². The van der Waals surface area contributed by atoms with Gasteiger partial charge in [0.25, 0.3) is 5.56 Å². The maximum atomic E-state index is 11.6. The molecule has 0 saturated carbocycles. The average molecular weight is 237 g/mol. The summed E-state index contributed by atoms with van der Waals surface area (Å²) in [6.45, 7) is 7.50. The SMILES string of the molecule is C=C/C=c1/cc(CC)[nH]c(=O)/c1=C/C.CS. The number of H-pyrrole nitrogens is 1. The second-order valence-corrected chi connectivity index (χ2v) is 3.04. The molecule has 88 valence electrons. The minimum absolute atomic E-state index is 0.0278. The molecule has 0 spiro atoms. The molecule has 0 aliphatic carbocycles. The van der Waals surface area contributed by atoms with Crippen molar-refractivity contribution in [2.75, 3.05) is 6.26 Å². The molecule has 1 aromatic heterocycles. The lowest BCUT2D eigenvalue weighted by molar-refractivity contribution is 0.995. The Morgan fingerprint density at radius 1 is 1.50 bits per heavy atom. The van der Waals surface area contributed by atoms with Crippen LogP contribution < -0.4 is 16.0 Å². The number of pyridine rings is 1. The molecule has 16 heavy (non-hydrogen) atoms. The van der Waals surface area contributed by atoms with Crippen LogP contribution in [0.15, 0.2) is 23.5 Å². The first-order valence-electron chi connectivity index (χ1n) is 5.19. The maximum Gasteiger partial charge on any atom is 0.255 e. The number of hydrogen-bond donors (Lipinski definition) is 2. The molecule has 1 aromatic rings. The van der Waals surface area contributed by atoms with E-state index in [1.54, 1.807) is 12.3 Å². The minimum atomic E-state index is -0.0278. The summed E-state index contributed by atoms with van der Waals surface area (Å²) in [4.78, 5) is 14.4. The standard InChI is InChI=1S/C12H15NO.CH4S/c1-4-7-9-8-10(5-2)13-12(14)11(9)6-3;1-2/h4,6-8H,1,5H2,2-3H3,(H,13,14);2H,1H3/b9-7-,11-6+;. The van der Waals surface area contributed by atoms with Crippen LogP contribution in [0.3, 0.4) is 0 Å². The molecular formula is C13H19NOS. The van der Waals surface area contributed by atoms with Gasteiger partial charge in [0.2, 0.25) is 0 Å². The van der Waals surface area contributed by atoms with Crippen molar-refractivity contribution in [2.24, 2.45) is 0 Å². The number of aryl methyl sites for hydroxylation is 1. The topological polar surface area (TPSA) is 32.9 Å². The Labute approximate surface area is 102 Å². The molecule has 1 rings (SSSR count). The largest absolute Gasteiger partial charge is 0.326 e. The zero-order valence-corrected chi connectivity index (χ0v) is 11.0. The van der Waals surface area contributed by atoms with Gasteiger partial charge in [-0.25, -0.2) is 0 Å². The van der Waals surface area contributed by atoms with Gasteiger partial charge in [-0.3, -0.25) is 4.79 Å². The second kappa shape index (κ2) is 7.99. The highest BCUT2D eigenvalue weighted by atomic mass is 32.1. The van der Waals surface area contributed by atoms with Crippen molar-refractivity contribution in [3.63, 3.8) is 0 Å². The highest BCUT2D eigenvalue weighted by molar-refractivity contribution is 7.79. The molecule has 0 aliphatic rings. The fourth-order valence-corrected chi connectivity index (χ4v) is 1.40. The van der Waals surface area contributed by atoms with Gasteiger partial charge in [0.05, 0.1) is 0 Å². The molecule has 0 fully saturated rings. The van der Waals surface area contributed by atoms with E-state index in [1.807, 2.05) is 32.1 Å². The first kappa shape index (κ1) is 14.8. The lowest BCUT2D eigenvalue weighted by atomic mass is 10.2. The summed E-state index contributed by atoms with van der Waals surface area (Å²) in [5.74, 6) is 0. The summed E-state index contributed by atoms with van der Waals surface area (Å²) in [7, 11) is 0. The normalized spacial score (nSPS) is 12.0. The van der Waals surface area contributed by atoms with Crippen LogP contribution in [0.2, 0.25) is 0 Å². The third-order valence-corrected chi connectivity index (χ3v) is 2.13. The first-order valence-corrected chi connectivity index (χ1v) is 6.08. The highest BCUT2D eigenvalue weighted by Crippen LogP contribution is 1.84. The van der Waals surface area contributed by atoms with Crippen LogP contribution in [0.1, 0.15) is 19.5 Å². The number of aromatic nitrogens is 1. The number of allylic oxidation sites excluding steroid dienone is 1. The number of thiol groups is 1. The molecule has 1 N–H and O–H groups in total. The summed E-state index contributed by atoms with van der Waals surface area (Å²) in [6, 6.07) is 1.98. The summed E-state index contributed by atoms with van der Waals surface area (Å²) in [5, 5.41) is 1.64. The molecule has 0 unspecified atom stereocenters. The monoisotopic (exact) mass is 237 g/mol. The van der Waals surface area contributed by atoms with E-state index in [9.17, 15) is 4.79 Å². The summed E-state index contributed by atoms with van der Waals surface area (Å²) in [6.07, 6.45) is 7.88. The summed E-state index contributed by atoms with van der Waals surface area (Å²) < 4.78 is 0. The van der Waals surface area contributed by atoms with Gasteiger partial charge in [0.15, 0.2) is 0 Å². The van der Waals surface area contributed by atoms with Crippen molar-refractivity contribution in [3.8, 4) is 0 Å². The number of nitrogens with one attached hydrogen (secondary N) is 1. The summed E-state index contributed by atoms with van der Waals surface area (Å²) in [5.41, 5.74) is 0.925. The molecule has 0 amide bonds. The lowest BCUT2D eigenvalue weighted by Gasteiger charge is -1.96. The van der Waals surface area contributed by atoms with Crippen LogP contribution in [0.25, 0.3) is 12.2 Å². The zero-order chi connectivity index (χ0) is 12.6. The van der Waals surface area contributed by atoms with Crippen LogP contribution in [0.5, 0.6) is 0 Å². The molecule has 2 nitrogen and oxygen atoms in total. The van der Waals surface area contributed by atoms with Crippen molar-refractivity contribution in [3.05, 3.63) is 45.2 Å². The lowest BCUT2D eigenvalue weighted by Crippen LogP contribution is -2.41. The van der Waals surface area contributed by atoms with E-state index in [-0.39, 0.29) is 5.56 Å². The van der Waals surface area contributed by atoms with E-state index in [1.165, 1.54) is 0 Å². The number of rotatable bonds is 2. The van der Waals surface area contributed by atoms with Gasteiger partial charge in [-0.05, 0) is 30.9 Å². The fraction of sp³-hybridized carbons (Fsp3) is 0.308. The molecule has 0 saturated heterocycles. The molecule has 0 aromatic carbocycles. The van der Waals surface area contributed by atoms with Gasteiger partial charge >= 0.3 is 0 Å². The molecular weight excluding hydrogens is 218 g/mol. The Kier molecular flexibility index (Phi) is 7.38. The van der Waals surface area contributed by atoms with Crippen molar-refractivity contribution < 1.29 is 0 Å². The van der Waals surface area contributed by atoms with Crippen molar-refractivity contribution >= 4 is 24.8 Å². The highest BCUT2D eigenvalue weighted by Gasteiger charge is 1.94. The maximum absolute atomic E-state index is 11.6. The minimum Gasteiger partial charge on any atom is -0.326 e. The number of aromatic amines is 1. The molecule has 3 heteroatoms. The third-order valence-electron chi connectivity index (χ3n) is 2.13. The molecule has 1 heterocycles.